The smallest absolute Gasteiger partial charge is 0.188 e. The number of nitrogens with two attached hydrogens (primary N) is 1. The van der Waals surface area contributed by atoms with E-state index in [9.17, 15) is 0 Å². The lowest BCUT2D eigenvalue weighted by Gasteiger charge is -2.12. The molecule has 0 aliphatic heterocycles. The average Bonchev–Trinajstić information content (AvgIpc) is 2.88. The van der Waals surface area contributed by atoms with Crippen LogP contribution in [-0.2, 0) is 0 Å². The summed E-state index contributed by atoms with van der Waals surface area (Å²) >= 11 is 8.43. The van der Waals surface area contributed by atoms with Crippen molar-refractivity contribution in [1.82, 2.24) is 4.98 Å². The lowest BCUT2D eigenvalue weighted by molar-refractivity contribution is 1.38. The highest BCUT2D eigenvalue weighted by Gasteiger charge is 2.12. The average molecular weight is 331 g/mol. The van der Waals surface area contributed by atoms with Crippen LogP contribution in [0.3, 0.4) is 0 Å². The number of thiocarbonyl (C=S) groups is 1. The van der Waals surface area contributed by atoms with Gasteiger partial charge in [-0.25, -0.2) is 4.98 Å². The highest BCUT2D eigenvalue weighted by atomic mass is 32.2. The minimum Gasteiger partial charge on any atom is -0.389 e. The number of benzene rings is 2. The maximum absolute atomic E-state index is 5.88. The topological polar surface area (TPSA) is 50.9 Å². The van der Waals surface area contributed by atoms with Crippen LogP contribution in [0.25, 0.3) is 10.2 Å². The SMILES string of the molecule is CSc1cccc(Nc2nc3ccccc3s2)c1C(N)=S. The third kappa shape index (κ3) is 2.88. The Labute approximate surface area is 136 Å². The molecule has 0 spiro atoms. The van der Waals surface area contributed by atoms with Gasteiger partial charge in [0.25, 0.3) is 0 Å². The third-order valence-corrected chi connectivity index (χ3v) is 4.96. The van der Waals surface area contributed by atoms with Crippen LogP contribution in [-0.4, -0.2) is 16.2 Å². The van der Waals surface area contributed by atoms with Gasteiger partial charge in [0, 0.05) is 10.5 Å². The molecule has 21 heavy (non-hydrogen) atoms. The van der Waals surface area contributed by atoms with Crippen LogP contribution < -0.4 is 11.1 Å². The lowest BCUT2D eigenvalue weighted by atomic mass is 10.2. The minimum atomic E-state index is 0.392. The van der Waals surface area contributed by atoms with Crippen molar-refractivity contribution in [2.45, 2.75) is 4.90 Å². The number of aromatic nitrogens is 1. The number of thioether (sulfide) groups is 1. The predicted octanol–water partition coefficient (Wildman–Crippen LogP) is 4.40. The molecule has 0 unspecified atom stereocenters. The van der Waals surface area contributed by atoms with Crippen LogP contribution in [0, 0.1) is 0 Å². The van der Waals surface area contributed by atoms with Gasteiger partial charge in [-0.1, -0.05) is 41.8 Å². The summed E-state index contributed by atoms with van der Waals surface area (Å²) < 4.78 is 1.15. The van der Waals surface area contributed by atoms with Crippen molar-refractivity contribution in [2.75, 3.05) is 11.6 Å². The molecule has 3 aromatic rings. The van der Waals surface area contributed by atoms with Crippen molar-refractivity contribution >= 4 is 61.3 Å². The first-order valence-electron chi connectivity index (χ1n) is 6.28. The van der Waals surface area contributed by atoms with E-state index in [-0.39, 0.29) is 0 Å². The van der Waals surface area contributed by atoms with Gasteiger partial charge in [0.15, 0.2) is 5.13 Å². The Morgan fingerprint density at radius 3 is 2.76 bits per heavy atom. The van der Waals surface area contributed by atoms with E-state index in [2.05, 4.69) is 16.4 Å². The van der Waals surface area contributed by atoms with E-state index in [1.54, 1.807) is 23.1 Å². The van der Waals surface area contributed by atoms with Gasteiger partial charge in [-0.2, -0.15) is 0 Å². The van der Waals surface area contributed by atoms with E-state index in [4.69, 9.17) is 18.0 Å². The highest BCUT2D eigenvalue weighted by Crippen LogP contribution is 2.32. The van der Waals surface area contributed by atoms with E-state index in [0.29, 0.717) is 4.99 Å². The molecule has 0 saturated heterocycles. The highest BCUT2D eigenvalue weighted by molar-refractivity contribution is 7.98. The van der Waals surface area contributed by atoms with Crippen molar-refractivity contribution in [2.24, 2.45) is 5.73 Å². The van der Waals surface area contributed by atoms with Crippen molar-refractivity contribution < 1.29 is 0 Å². The number of hydrogen-bond donors (Lipinski definition) is 2. The Morgan fingerprint density at radius 2 is 2.05 bits per heavy atom. The van der Waals surface area contributed by atoms with Crippen molar-refractivity contribution in [3.8, 4) is 0 Å². The van der Waals surface area contributed by atoms with E-state index in [0.717, 1.165) is 31.5 Å². The number of para-hydroxylation sites is 1. The number of fused-ring (bicyclic) bond motifs is 1. The Bertz CT molecular complexity index is 778. The number of rotatable bonds is 4. The molecule has 0 atom stereocenters. The fourth-order valence-electron chi connectivity index (χ4n) is 2.10. The van der Waals surface area contributed by atoms with Gasteiger partial charge in [0.1, 0.15) is 4.99 Å². The van der Waals surface area contributed by atoms with Gasteiger partial charge >= 0.3 is 0 Å². The Kier molecular flexibility index (Phi) is 4.10. The van der Waals surface area contributed by atoms with Crippen LogP contribution in [0.2, 0.25) is 0 Å². The van der Waals surface area contributed by atoms with Crippen LogP contribution in [0.5, 0.6) is 0 Å². The lowest BCUT2D eigenvalue weighted by Crippen LogP contribution is -2.13. The zero-order valence-corrected chi connectivity index (χ0v) is 13.7. The number of nitrogens with one attached hydrogen (secondary N) is 1. The second-order valence-electron chi connectivity index (χ2n) is 4.36. The van der Waals surface area contributed by atoms with Gasteiger partial charge in [0.2, 0.25) is 0 Å². The molecule has 0 saturated carbocycles. The molecule has 0 fully saturated rings. The monoisotopic (exact) mass is 331 g/mol. The minimum absolute atomic E-state index is 0.392. The molecule has 3 rings (SSSR count). The summed E-state index contributed by atoms with van der Waals surface area (Å²) in [6.45, 7) is 0. The summed E-state index contributed by atoms with van der Waals surface area (Å²) in [7, 11) is 0. The number of nitrogens with zero attached hydrogens (tertiary/aromatic N) is 1. The molecule has 3 nitrogen and oxygen atoms in total. The molecule has 1 heterocycles. The van der Waals surface area contributed by atoms with Crippen molar-refractivity contribution in [3.63, 3.8) is 0 Å². The molecule has 2 aromatic carbocycles. The summed E-state index contributed by atoms with van der Waals surface area (Å²) in [6.07, 6.45) is 2.01. The fraction of sp³-hybridized carbons (Fsp3) is 0.0667. The van der Waals surface area contributed by atoms with E-state index < -0.39 is 0 Å². The first kappa shape index (κ1) is 14.3. The van der Waals surface area contributed by atoms with Crippen LogP contribution in [0.4, 0.5) is 10.8 Å². The Balaban J connectivity index is 2.03. The van der Waals surface area contributed by atoms with Gasteiger partial charge in [-0.05, 0) is 30.5 Å². The fourth-order valence-corrected chi connectivity index (χ4v) is 3.90. The van der Waals surface area contributed by atoms with Crippen molar-refractivity contribution in [1.29, 1.82) is 0 Å². The predicted molar refractivity (Wildman–Crippen MR) is 97.0 cm³/mol. The van der Waals surface area contributed by atoms with E-state index in [1.807, 2.05) is 42.7 Å². The number of hydrogen-bond acceptors (Lipinski definition) is 5. The van der Waals surface area contributed by atoms with Gasteiger partial charge < -0.3 is 11.1 Å². The first-order chi connectivity index (χ1) is 10.2. The molecule has 0 aliphatic carbocycles. The number of anilines is 2. The number of thiazole rings is 1. The van der Waals surface area contributed by atoms with E-state index in [1.165, 1.54) is 0 Å². The molecule has 0 bridgehead atoms. The molecule has 6 heteroatoms. The molecule has 0 amide bonds. The van der Waals surface area contributed by atoms with Crippen molar-refractivity contribution in [3.05, 3.63) is 48.0 Å². The van der Waals surface area contributed by atoms with Gasteiger partial charge in [-0.15, -0.1) is 11.8 Å². The summed E-state index contributed by atoms with van der Waals surface area (Å²) in [6, 6.07) is 14.0. The summed E-state index contributed by atoms with van der Waals surface area (Å²) in [5.74, 6) is 0. The molecule has 3 N–H and O–H groups in total. The molecule has 1 aromatic heterocycles. The van der Waals surface area contributed by atoms with Gasteiger partial charge in [0.05, 0.1) is 15.9 Å². The largest absolute Gasteiger partial charge is 0.389 e. The van der Waals surface area contributed by atoms with Gasteiger partial charge in [-0.3, -0.25) is 0 Å². The molecule has 106 valence electrons. The Hall–Kier alpha value is -1.63. The summed E-state index contributed by atoms with van der Waals surface area (Å²) in [5.41, 5.74) is 8.64. The molecular weight excluding hydrogens is 318 g/mol. The second-order valence-corrected chi connectivity index (χ2v) is 6.68. The zero-order chi connectivity index (χ0) is 14.8. The Morgan fingerprint density at radius 1 is 1.24 bits per heavy atom. The van der Waals surface area contributed by atoms with Crippen LogP contribution in [0.15, 0.2) is 47.4 Å². The zero-order valence-electron chi connectivity index (χ0n) is 11.3. The molecular formula is C15H13N3S3. The van der Waals surface area contributed by atoms with Crippen LogP contribution in [0.1, 0.15) is 5.56 Å². The first-order valence-corrected chi connectivity index (χ1v) is 8.73. The standard InChI is InChI=1S/C15H13N3S3/c1-20-12-8-4-6-10(13(12)14(16)19)18-15-17-9-5-2-3-7-11(9)21-15/h2-8H,1H3,(H2,16,19)(H,17,18). The van der Waals surface area contributed by atoms with Crippen LogP contribution >= 0.6 is 35.3 Å². The molecule has 0 radical (unpaired) electrons. The quantitative estimate of drug-likeness (QED) is 0.548. The third-order valence-electron chi connectivity index (χ3n) is 3.03. The molecule has 0 aliphatic rings. The summed E-state index contributed by atoms with van der Waals surface area (Å²) in [4.78, 5) is 6.04. The van der Waals surface area contributed by atoms with E-state index >= 15 is 0 Å². The maximum Gasteiger partial charge on any atom is 0.188 e. The normalized spacial score (nSPS) is 10.7. The summed E-state index contributed by atoms with van der Waals surface area (Å²) in [5, 5.41) is 4.18. The maximum atomic E-state index is 5.88. The second kappa shape index (κ2) is 6.01.